The second-order valence-electron chi connectivity index (χ2n) is 4.18. The molecule has 1 amide bonds. The van der Waals surface area contributed by atoms with Crippen molar-refractivity contribution in [1.82, 2.24) is 10.3 Å². The van der Waals surface area contributed by atoms with Crippen LogP contribution in [-0.4, -0.2) is 10.9 Å². The van der Waals surface area contributed by atoms with Crippen molar-refractivity contribution in [2.45, 2.75) is 13.5 Å². The van der Waals surface area contributed by atoms with Crippen LogP contribution in [-0.2, 0) is 6.54 Å². The fraction of sp³-hybridized carbons (Fsp3) is 0.133. The predicted octanol–water partition coefficient (Wildman–Crippen LogP) is 2.19. The average molecular weight is 251 g/mol. The van der Waals surface area contributed by atoms with Gasteiger partial charge < -0.3 is 5.32 Å². The number of aromatic nitrogens is 1. The maximum Gasteiger partial charge on any atom is 0.253 e. The van der Waals surface area contributed by atoms with Gasteiger partial charge in [0.2, 0.25) is 0 Å². The molecule has 4 heteroatoms. The van der Waals surface area contributed by atoms with Crippen LogP contribution in [0.5, 0.6) is 0 Å². The molecule has 1 heterocycles. The van der Waals surface area contributed by atoms with E-state index in [9.17, 15) is 4.79 Å². The number of benzene rings is 1. The molecule has 0 saturated carbocycles. The number of hydrogen-bond donors (Lipinski definition) is 1. The van der Waals surface area contributed by atoms with Crippen LogP contribution in [0.15, 0.2) is 42.6 Å². The zero-order valence-corrected chi connectivity index (χ0v) is 10.6. The molecule has 2 rings (SSSR count). The summed E-state index contributed by atoms with van der Waals surface area (Å²) < 4.78 is 0. The van der Waals surface area contributed by atoms with Crippen molar-refractivity contribution in [1.29, 1.82) is 5.26 Å². The molecule has 0 bridgehead atoms. The summed E-state index contributed by atoms with van der Waals surface area (Å²) in [5.41, 5.74) is 2.98. The molecule has 2 aromatic rings. The largest absolute Gasteiger partial charge is 0.348 e. The first kappa shape index (κ1) is 12.8. The Morgan fingerprint density at radius 3 is 2.58 bits per heavy atom. The van der Waals surface area contributed by atoms with Crippen molar-refractivity contribution < 1.29 is 4.79 Å². The van der Waals surface area contributed by atoms with E-state index in [1.54, 1.807) is 30.5 Å². The van der Waals surface area contributed by atoms with E-state index in [-0.39, 0.29) is 5.91 Å². The molecule has 0 fully saturated rings. The molecule has 1 aromatic carbocycles. The van der Waals surface area contributed by atoms with E-state index in [1.807, 2.05) is 19.1 Å². The third kappa shape index (κ3) is 3.39. The molecular formula is C15H13N3O. The van der Waals surface area contributed by atoms with Crippen LogP contribution in [0.3, 0.4) is 0 Å². The Morgan fingerprint density at radius 2 is 2.00 bits per heavy atom. The quantitative estimate of drug-likeness (QED) is 0.909. The lowest BCUT2D eigenvalue weighted by atomic mass is 10.1. The minimum absolute atomic E-state index is 0.156. The van der Waals surface area contributed by atoms with Crippen LogP contribution in [0.25, 0.3) is 0 Å². The van der Waals surface area contributed by atoms with Crippen molar-refractivity contribution in [3.05, 3.63) is 65.0 Å². The van der Waals surface area contributed by atoms with Gasteiger partial charge in [0.05, 0.1) is 17.2 Å². The van der Waals surface area contributed by atoms with Crippen LogP contribution in [0.1, 0.15) is 27.2 Å². The Labute approximate surface area is 111 Å². The molecule has 0 spiro atoms. The number of rotatable bonds is 3. The highest BCUT2D eigenvalue weighted by atomic mass is 16.1. The van der Waals surface area contributed by atoms with E-state index in [1.165, 1.54) is 0 Å². The van der Waals surface area contributed by atoms with Gasteiger partial charge in [0, 0.05) is 18.4 Å². The number of nitrogens with one attached hydrogen (secondary N) is 1. The number of aryl methyl sites for hydroxylation is 1. The lowest BCUT2D eigenvalue weighted by Crippen LogP contribution is -2.22. The fourth-order valence-electron chi connectivity index (χ4n) is 1.58. The van der Waals surface area contributed by atoms with Gasteiger partial charge in [0.1, 0.15) is 0 Å². The van der Waals surface area contributed by atoms with Crippen molar-refractivity contribution in [3.63, 3.8) is 0 Å². The molecule has 19 heavy (non-hydrogen) atoms. The van der Waals surface area contributed by atoms with E-state index >= 15 is 0 Å². The standard InChI is InChI=1S/C15H13N3O/c1-11-2-7-14(10-17-11)15(19)18-9-13-5-3-12(8-16)4-6-13/h2-7,10H,9H2,1H3,(H,18,19). The summed E-state index contributed by atoms with van der Waals surface area (Å²) in [6, 6.07) is 12.7. The Balaban J connectivity index is 1.96. The fourth-order valence-corrected chi connectivity index (χ4v) is 1.58. The molecule has 0 radical (unpaired) electrons. The van der Waals surface area contributed by atoms with Gasteiger partial charge >= 0.3 is 0 Å². The molecule has 0 atom stereocenters. The number of pyridine rings is 1. The monoisotopic (exact) mass is 251 g/mol. The minimum atomic E-state index is -0.156. The Morgan fingerprint density at radius 1 is 1.26 bits per heavy atom. The maximum absolute atomic E-state index is 11.8. The highest BCUT2D eigenvalue weighted by Crippen LogP contribution is 2.04. The summed E-state index contributed by atoms with van der Waals surface area (Å²) >= 11 is 0. The van der Waals surface area contributed by atoms with Crippen LogP contribution in [0.2, 0.25) is 0 Å². The SMILES string of the molecule is Cc1ccc(C(=O)NCc2ccc(C#N)cc2)cn1. The summed E-state index contributed by atoms with van der Waals surface area (Å²) in [5.74, 6) is -0.156. The molecule has 0 aliphatic carbocycles. The summed E-state index contributed by atoms with van der Waals surface area (Å²) in [6.07, 6.45) is 1.56. The van der Waals surface area contributed by atoms with Crippen molar-refractivity contribution in [3.8, 4) is 6.07 Å². The zero-order valence-electron chi connectivity index (χ0n) is 10.6. The third-order valence-electron chi connectivity index (χ3n) is 2.71. The summed E-state index contributed by atoms with van der Waals surface area (Å²) in [5, 5.41) is 11.5. The summed E-state index contributed by atoms with van der Waals surface area (Å²) in [4.78, 5) is 15.9. The number of carbonyl (C=O) groups is 1. The second-order valence-corrected chi connectivity index (χ2v) is 4.18. The molecule has 0 aliphatic heterocycles. The van der Waals surface area contributed by atoms with E-state index < -0.39 is 0 Å². The molecule has 0 aliphatic rings. The minimum Gasteiger partial charge on any atom is -0.348 e. The van der Waals surface area contributed by atoms with Gasteiger partial charge in [-0.25, -0.2) is 0 Å². The van der Waals surface area contributed by atoms with Crippen molar-refractivity contribution >= 4 is 5.91 Å². The highest BCUT2D eigenvalue weighted by Gasteiger charge is 2.05. The number of amides is 1. The lowest BCUT2D eigenvalue weighted by Gasteiger charge is -2.05. The normalized spacial score (nSPS) is 9.68. The first-order valence-electron chi connectivity index (χ1n) is 5.89. The van der Waals surface area contributed by atoms with Crippen molar-refractivity contribution in [2.75, 3.05) is 0 Å². The molecule has 0 saturated heterocycles. The Hall–Kier alpha value is -2.67. The first-order chi connectivity index (χ1) is 9.19. The number of hydrogen-bond acceptors (Lipinski definition) is 3. The first-order valence-corrected chi connectivity index (χ1v) is 5.89. The van der Waals surface area contributed by atoms with Gasteiger partial charge in [-0.05, 0) is 36.8 Å². The van der Waals surface area contributed by atoms with Crippen LogP contribution < -0.4 is 5.32 Å². The molecule has 0 unspecified atom stereocenters. The average Bonchev–Trinajstić information content (AvgIpc) is 2.46. The smallest absolute Gasteiger partial charge is 0.253 e. The molecule has 1 aromatic heterocycles. The zero-order chi connectivity index (χ0) is 13.7. The van der Waals surface area contributed by atoms with E-state index in [0.717, 1.165) is 11.3 Å². The Kier molecular flexibility index (Phi) is 3.89. The molecular weight excluding hydrogens is 238 g/mol. The summed E-state index contributed by atoms with van der Waals surface area (Å²) in [7, 11) is 0. The van der Waals surface area contributed by atoms with Crippen molar-refractivity contribution in [2.24, 2.45) is 0 Å². The van der Waals surface area contributed by atoms with E-state index in [4.69, 9.17) is 5.26 Å². The van der Waals surface area contributed by atoms with Gasteiger partial charge in [-0.15, -0.1) is 0 Å². The second kappa shape index (κ2) is 5.78. The van der Waals surface area contributed by atoms with Crippen LogP contribution in [0, 0.1) is 18.3 Å². The van der Waals surface area contributed by atoms with Crippen LogP contribution >= 0.6 is 0 Å². The van der Waals surface area contributed by atoms with Gasteiger partial charge in [-0.1, -0.05) is 12.1 Å². The highest BCUT2D eigenvalue weighted by molar-refractivity contribution is 5.93. The number of carbonyl (C=O) groups excluding carboxylic acids is 1. The van der Waals surface area contributed by atoms with Gasteiger partial charge in [0.25, 0.3) is 5.91 Å². The van der Waals surface area contributed by atoms with E-state index in [2.05, 4.69) is 16.4 Å². The molecule has 94 valence electrons. The number of nitriles is 1. The predicted molar refractivity (Wildman–Crippen MR) is 71.3 cm³/mol. The molecule has 4 nitrogen and oxygen atoms in total. The van der Waals surface area contributed by atoms with Gasteiger partial charge in [0.15, 0.2) is 0 Å². The maximum atomic E-state index is 11.8. The van der Waals surface area contributed by atoms with Crippen LogP contribution in [0.4, 0.5) is 0 Å². The summed E-state index contributed by atoms with van der Waals surface area (Å²) in [6.45, 7) is 2.30. The molecule has 1 N–H and O–H groups in total. The lowest BCUT2D eigenvalue weighted by molar-refractivity contribution is 0.0950. The third-order valence-corrected chi connectivity index (χ3v) is 2.71. The van der Waals surface area contributed by atoms with E-state index in [0.29, 0.717) is 17.7 Å². The van der Waals surface area contributed by atoms with Gasteiger partial charge in [-0.3, -0.25) is 9.78 Å². The Bertz CT molecular complexity index is 609. The number of nitrogens with zero attached hydrogens (tertiary/aromatic N) is 2. The topological polar surface area (TPSA) is 65.8 Å². The van der Waals surface area contributed by atoms with Gasteiger partial charge in [-0.2, -0.15) is 5.26 Å².